The van der Waals surface area contributed by atoms with Gasteiger partial charge in [0.25, 0.3) is 0 Å². The molecule has 1 amide bonds. The van der Waals surface area contributed by atoms with E-state index < -0.39 is 72.7 Å². The normalized spacial score (nSPS) is 12.2. The van der Waals surface area contributed by atoms with Crippen molar-refractivity contribution in [3.05, 3.63) is 182 Å². The SMILES string of the molecule is CCOC(=O)/C(C)=C/C(OC)OC.CCOC(=O)C(C)CC(OC)OC.CCOC(=O)C(C)P(=O)(OCC)OCC.COC(CC(C)C(=O)N(C)OC)OC.COc1ccc(-n2nc(C)c(C#N)c2-c2c(C)ccn2C)c(F)c1.COc1ccc(-n2nc(C)c(C#N)c2C(=O)C(C)CC(OC)OC)c(F)c1.COc1ccc(-n2nc(C)c(C#N)c2C(=O)C(C)CC=O)c(F)c1.COc1ccc(N=C(I)C(C#N)=C(C)N)c(F)c1. The molecule has 0 spiro atoms. The summed E-state index contributed by atoms with van der Waals surface area (Å²) in [4.78, 5) is 90.4. The Morgan fingerprint density at radius 1 is 0.507 bits per heavy atom. The first-order valence-corrected chi connectivity index (χ1v) is 48.6. The lowest BCUT2D eigenvalue weighted by Gasteiger charge is -2.21. The van der Waals surface area contributed by atoms with Gasteiger partial charge in [0.2, 0.25) is 5.91 Å². The Hall–Kier alpha value is -13.0. The molecule has 4 aromatic heterocycles. The summed E-state index contributed by atoms with van der Waals surface area (Å²) in [7, 11) is 19.5. The molecule has 0 bridgehead atoms. The number of hydrogen-bond acceptors (Lipinski definition) is 35. The number of hydroxylamine groups is 2. The number of rotatable bonds is 44. The van der Waals surface area contributed by atoms with Crippen LogP contribution in [0.3, 0.4) is 0 Å². The Kier molecular flexibility index (Phi) is 62.3. The number of carbonyl (C=O) groups is 7. The van der Waals surface area contributed by atoms with Crippen LogP contribution in [0.2, 0.25) is 0 Å². The molecule has 8 rings (SSSR count). The maximum Gasteiger partial charge on any atom is 0.344 e. The van der Waals surface area contributed by atoms with Crippen LogP contribution in [-0.2, 0) is 102 Å². The number of aromatic nitrogens is 7. The Balaban J connectivity index is 0.000000859. The molecule has 0 saturated heterocycles. The van der Waals surface area contributed by atoms with Crippen molar-refractivity contribution in [2.75, 3.05) is 133 Å². The molecule has 46 heteroatoms. The number of nitrogens with two attached hydrogens (primary N) is 1. The number of benzene rings is 4. The molecule has 148 heavy (non-hydrogen) atoms. The Morgan fingerprint density at radius 3 is 1.23 bits per heavy atom. The molecule has 0 aliphatic heterocycles. The predicted molar refractivity (Wildman–Crippen MR) is 549 cm³/mol. The number of allylic oxidation sites excluding steroid dienone is 2. The fraction of sp³-hybridized carbons (Fsp3) is 0.480. The van der Waals surface area contributed by atoms with Crippen molar-refractivity contribution in [1.82, 2.24) is 39.0 Å². The van der Waals surface area contributed by atoms with E-state index in [-0.39, 0.29) is 132 Å². The second-order valence-corrected chi connectivity index (χ2v) is 34.8. The van der Waals surface area contributed by atoms with E-state index in [1.165, 1.54) is 134 Å². The second kappa shape index (κ2) is 69.3. The minimum Gasteiger partial charge on any atom is -0.497 e. The number of esters is 3. The maximum absolute atomic E-state index is 14.6. The monoisotopic (exact) mass is 2210 g/mol. The largest absolute Gasteiger partial charge is 0.497 e. The van der Waals surface area contributed by atoms with Crippen LogP contribution in [0, 0.1) is 120 Å². The Bertz CT molecular complexity index is 5910. The second-order valence-electron chi connectivity index (χ2n) is 31.4. The summed E-state index contributed by atoms with van der Waals surface area (Å²) >= 11 is 1.85. The van der Waals surface area contributed by atoms with Gasteiger partial charge in [-0.2, -0.15) is 36.3 Å². The molecular formula is C102H138F4IN14O26P. The highest BCUT2D eigenvalue weighted by Crippen LogP contribution is 2.53. The fourth-order valence-corrected chi connectivity index (χ4v) is 15.3. The third-order valence-electron chi connectivity index (χ3n) is 21.1. The van der Waals surface area contributed by atoms with Crippen molar-refractivity contribution in [3.8, 4) is 75.7 Å². The highest BCUT2D eigenvalue weighted by atomic mass is 127. The van der Waals surface area contributed by atoms with Crippen LogP contribution < -0.4 is 24.7 Å². The van der Waals surface area contributed by atoms with E-state index >= 15 is 0 Å². The highest BCUT2D eigenvalue weighted by molar-refractivity contribution is 14.1. The summed E-state index contributed by atoms with van der Waals surface area (Å²) < 4.78 is 160. The van der Waals surface area contributed by atoms with Gasteiger partial charge in [-0.1, -0.05) is 27.7 Å². The number of aldehydes is 1. The van der Waals surface area contributed by atoms with Crippen LogP contribution in [0.25, 0.3) is 28.5 Å². The van der Waals surface area contributed by atoms with Gasteiger partial charge in [-0.25, -0.2) is 46.5 Å². The summed E-state index contributed by atoms with van der Waals surface area (Å²) in [6.45, 7) is 28.6. The van der Waals surface area contributed by atoms with Gasteiger partial charge in [0.15, 0.2) is 65.7 Å². The van der Waals surface area contributed by atoms with Crippen LogP contribution >= 0.6 is 30.2 Å². The first-order chi connectivity index (χ1) is 70.1. The summed E-state index contributed by atoms with van der Waals surface area (Å²) in [6, 6.07) is 27.2. The molecule has 0 fully saturated rings. The van der Waals surface area contributed by atoms with Crippen molar-refractivity contribution in [2.24, 2.45) is 41.4 Å². The molecule has 2 N–H and O–H groups in total. The molecule has 40 nitrogen and oxygen atoms in total. The molecule has 5 unspecified atom stereocenters. The average molecular weight is 2210 g/mol. The first kappa shape index (κ1) is 133. The molecule has 8 aromatic rings. The first-order valence-electron chi connectivity index (χ1n) is 45.9. The van der Waals surface area contributed by atoms with Gasteiger partial charge in [-0.15, -0.1) is 0 Å². The summed E-state index contributed by atoms with van der Waals surface area (Å²) in [6.07, 6.45) is 3.70. The number of ketones is 2. The standard InChI is InChI=1S/C19H22FN3O4.C18H17FN4O.C17H16FN3O3.C12H11FIN3O.C9H19NO4.C9H19O5P.C9H18O4.C9H16O4/c1-11(8-17(26-4)27-5)19(24)18-14(10-21)12(2)22-23(18)16-7-6-13(25-3)9-15(16)20;1-11-7-8-22(3)17(11)18-14(10-20)12(2)21-23(18)16-6-5-13(24-4)9-15(16)19;1-10(6-7-22)17(23)16-13(9-19)11(2)20-21(16)15-5-4-12(24-3)8-14(15)18;1-7(16)9(6-15)12(14)17-11-4-3-8(18-2)5-10(11)13;1-7(6-8(12-3)13-4)9(11)10(2)14-5;1-5-12-9(10)8(4)15(11,13-6-2)14-7-3;2*1-5-13-9(10)7(2)6-8(11-3)12-4/h6-7,9,11,17H,8H2,1-5H3;5-9H,1-4H3;4-5,7-8,10H,6H2,1-3H3;3-5H,16H2,1-2H3;7-8H,6H2,1-5H3;8H,5-7H2,1-4H3;7-8H,5-6H2,1-4H3;6,8H,5H2,1-4H3/b;;;;;;;7-6+. The predicted octanol–water partition coefficient (Wildman–Crippen LogP) is 17.4. The number of aryl methyl sites for hydroxylation is 5. The summed E-state index contributed by atoms with van der Waals surface area (Å²) in [5, 5.41) is 51.3. The minimum atomic E-state index is -3.37. The number of aliphatic imine (C=N–C) groups is 1. The lowest BCUT2D eigenvalue weighted by molar-refractivity contribution is -0.177. The van der Waals surface area contributed by atoms with Crippen molar-refractivity contribution in [3.63, 3.8) is 0 Å². The topological polar surface area (TPSA) is 498 Å². The number of Topliss-reactive ketones (excluding diaryl/α,β-unsaturated/α-hetero) is 2. The molecule has 0 radical (unpaired) electrons. The van der Waals surface area contributed by atoms with E-state index in [1.54, 1.807) is 156 Å². The zero-order valence-electron chi connectivity index (χ0n) is 89.6. The summed E-state index contributed by atoms with van der Waals surface area (Å²) in [5.74, 6) is -4.26. The van der Waals surface area contributed by atoms with E-state index in [0.29, 0.717) is 98.7 Å². The van der Waals surface area contributed by atoms with E-state index in [9.17, 15) is 71.5 Å². The Labute approximate surface area is 876 Å². The maximum atomic E-state index is 14.6. The van der Waals surface area contributed by atoms with Crippen molar-refractivity contribution in [1.29, 1.82) is 21.0 Å². The van der Waals surface area contributed by atoms with Crippen LogP contribution in [0.1, 0.15) is 169 Å². The smallest absolute Gasteiger partial charge is 0.344 e. The summed E-state index contributed by atoms with van der Waals surface area (Å²) in [5.41, 5.74) is 10.5. The molecule has 0 aliphatic rings. The van der Waals surface area contributed by atoms with Gasteiger partial charge < -0.3 is 95.2 Å². The number of nitrogens with zero attached hydrogens (tertiary/aromatic N) is 13. The van der Waals surface area contributed by atoms with E-state index in [1.807, 2.05) is 78.5 Å². The van der Waals surface area contributed by atoms with Gasteiger partial charge in [0.05, 0.1) is 97.3 Å². The number of amides is 1. The molecule has 0 saturated carbocycles. The quantitative estimate of drug-likeness (QED) is 0.00301. The van der Waals surface area contributed by atoms with Crippen LogP contribution in [0.5, 0.6) is 23.0 Å². The van der Waals surface area contributed by atoms with Crippen molar-refractivity contribution < 1.29 is 141 Å². The molecule has 812 valence electrons. The van der Waals surface area contributed by atoms with Gasteiger partial charge in [0, 0.05) is 156 Å². The van der Waals surface area contributed by atoms with E-state index in [4.69, 9.17) is 95.9 Å². The Morgan fingerprint density at radius 2 is 0.885 bits per heavy atom. The average Bonchev–Trinajstić information content (AvgIpc) is 1.61. The van der Waals surface area contributed by atoms with Crippen LogP contribution in [0.4, 0.5) is 23.2 Å². The molecular weight excluding hydrogens is 2070 g/mol. The van der Waals surface area contributed by atoms with Crippen molar-refractivity contribution >= 4 is 81.3 Å². The third-order valence-corrected chi connectivity index (χ3v) is 24.3. The van der Waals surface area contributed by atoms with E-state index in [0.717, 1.165) is 15.9 Å². The number of ether oxygens (including phenoxy) is 15. The fourth-order valence-electron chi connectivity index (χ4n) is 12.9. The third kappa shape index (κ3) is 40.2. The van der Waals surface area contributed by atoms with E-state index in [2.05, 4.69) is 26.4 Å². The van der Waals surface area contributed by atoms with Gasteiger partial charge in [0.1, 0.15) is 119 Å². The van der Waals surface area contributed by atoms with Crippen molar-refractivity contribution in [2.45, 2.75) is 167 Å². The minimum absolute atomic E-state index is 0.0129. The molecule has 4 heterocycles. The van der Waals surface area contributed by atoms with Gasteiger partial charge >= 0.3 is 25.5 Å². The number of halogens is 5. The lowest BCUT2D eigenvalue weighted by Crippen LogP contribution is -2.33. The van der Waals surface area contributed by atoms with Gasteiger partial charge in [-0.3, -0.25) is 33.4 Å². The molecule has 0 aliphatic carbocycles. The lowest BCUT2D eigenvalue weighted by atomic mass is 9.97. The van der Waals surface area contributed by atoms with Crippen LogP contribution in [0.15, 0.2) is 113 Å². The number of hydrogen-bond donors (Lipinski definition) is 1. The zero-order chi connectivity index (χ0) is 113. The number of carbonyl (C=O) groups excluding carboxylic acids is 7. The highest BCUT2D eigenvalue weighted by Gasteiger charge is 2.39. The number of methoxy groups -OCH3 is 12. The number of nitriles is 4. The molecule has 5 atom stereocenters. The molecule has 4 aromatic carbocycles. The zero-order valence-corrected chi connectivity index (χ0v) is 92.7. The van der Waals surface area contributed by atoms with Crippen LogP contribution in [-0.4, -0.2) is 248 Å². The van der Waals surface area contributed by atoms with Gasteiger partial charge in [-0.05, 0) is 172 Å².